The molecule has 0 heterocycles. The van der Waals surface area contributed by atoms with Crippen LogP contribution in [0.4, 0.5) is 0 Å². The standard InChI is InChI=1S/C29H44O7/c1-17-14-21(36-19(3)30)15-20(25(17)33)16-28(7)18(2)10-12-27(6)22(28)11-13-29(35,26(4,5)34)23(27)8-9-24(31)32/h14-15,18,22-23,33-35H,8-13,16H2,1-7H3,(H,31,32). The third-order valence-corrected chi connectivity index (χ3v) is 9.91. The molecule has 2 saturated carbocycles. The number of ether oxygens (including phenoxy) is 1. The van der Waals surface area contributed by atoms with E-state index < -0.39 is 34.5 Å². The number of fused-ring (bicyclic) bond motifs is 1. The van der Waals surface area contributed by atoms with Gasteiger partial charge >= 0.3 is 11.9 Å². The zero-order chi connectivity index (χ0) is 27.3. The second-order valence-corrected chi connectivity index (χ2v) is 12.5. The first kappa shape index (κ1) is 28.5. The predicted molar refractivity (Wildman–Crippen MR) is 137 cm³/mol. The van der Waals surface area contributed by atoms with E-state index in [1.165, 1.54) is 6.92 Å². The molecule has 36 heavy (non-hydrogen) atoms. The van der Waals surface area contributed by atoms with E-state index in [2.05, 4.69) is 20.8 Å². The molecule has 4 N–H and O–H groups in total. The first-order valence-electron chi connectivity index (χ1n) is 13.1. The summed E-state index contributed by atoms with van der Waals surface area (Å²) < 4.78 is 5.34. The first-order valence-corrected chi connectivity index (χ1v) is 13.1. The van der Waals surface area contributed by atoms with E-state index in [1.54, 1.807) is 32.9 Å². The van der Waals surface area contributed by atoms with Crippen LogP contribution in [-0.4, -0.2) is 43.6 Å². The number of hydrogen-bond donors (Lipinski definition) is 4. The van der Waals surface area contributed by atoms with E-state index in [0.29, 0.717) is 42.9 Å². The molecule has 6 atom stereocenters. The van der Waals surface area contributed by atoms with Crippen LogP contribution in [0.25, 0.3) is 0 Å². The molecular formula is C29H44O7. The van der Waals surface area contributed by atoms with Crippen molar-refractivity contribution in [3.05, 3.63) is 23.3 Å². The summed E-state index contributed by atoms with van der Waals surface area (Å²) in [5, 5.41) is 43.4. The summed E-state index contributed by atoms with van der Waals surface area (Å²) in [5.41, 5.74) is -2.09. The second kappa shape index (κ2) is 9.64. The number of benzene rings is 1. The molecule has 0 aliphatic heterocycles. The van der Waals surface area contributed by atoms with Crippen LogP contribution in [0.1, 0.15) is 91.2 Å². The lowest BCUT2D eigenvalue weighted by Gasteiger charge is -2.66. The summed E-state index contributed by atoms with van der Waals surface area (Å²) in [5.74, 6) is -0.689. The highest BCUT2D eigenvalue weighted by Gasteiger charge is 2.64. The van der Waals surface area contributed by atoms with Crippen molar-refractivity contribution in [2.75, 3.05) is 0 Å². The Morgan fingerprint density at radius 1 is 1.17 bits per heavy atom. The topological polar surface area (TPSA) is 124 Å². The maximum Gasteiger partial charge on any atom is 0.308 e. The first-order chi connectivity index (χ1) is 16.5. The van der Waals surface area contributed by atoms with Gasteiger partial charge in [0.05, 0.1) is 11.2 Å². The average molecular weight is 505 g/mol. The lowest BCUT2D eigenvalue weighted by Crippen LogP contribution is -2.67. The normalized spacial score (nSPS) is 34.6. The van der Waals surface area contributed by atoms with E-state index in [1.807, 2.05) is 0 Å². The molecule has 7 heteroatoms. The van der Waals surface area contributed by atoms with Gasteiger partial charge in [0, 0.05) is 13.3 Å². The van der Waals surface area contributed by atoms with Crippen molar-refractivity contribution in [1.82, 2.24) is 0 Å². The molecule has 0 spiro atoms. The van der Waals surface area contributed by atoms with Crippen LogP contribution in [0.2, 0.25) is 0 Å². The molecule has 0 bridgehead atoms. The van der Waals surface area contributed by atoms with Crippen LogP contribution in [0, 0.1) is 35.5 Å². The van der Waals surface area contributed by atoms with Crippen molar-refractivity contribution in [3.63, 3.8) is 0 Å². The fraction of sp³-hybridized carbons (Fsp3) is 0.724. The van der Waals surface area contributed by atoms with Gasteiger partial charge in [-0.2, -0.15) is 0 Å². The van der Waals surface area contributed by atoms with Crippen LogP contribution in [0.15, 0.2) is 12.1 Å². The Labute approximate surface area is 214 Å². The van der Waals surface area contributed by atoms with Gasteiger partial charge < -0.3 is 25.2 Å². The zero-order valence-corrected chi connectivity index (χ0v) is 22.9. The van der Waals surface area contributed by atoms with Gasteiger partial charge in [0.2, 0.25) is 0 Å². The number of phenols is 1. The molecular weight excluding hydrogens is 460 g/mol. The number of aliphatic hydroxyl groups is 2. The van der Waals surface area contributed by atoms with Crippen LogP contribution < -0.4 is 4.74 Å². The fourth-order valence-electron chi connectivity index (χ4n) is 7.74. The molecule has 2 aliphatic carbocycles. The van der Waals surface area contributed by atoms with Crippen molar-refractivity contribution in [2.45, 2.75) is 105 Å². The van der Waals surface area contributed by atoms with Gasteiger partial charge in [-0.1, -0.05) is 20.8 Å². The van der Waals surface area contributed by atoms with Crippen molar-refractivity contribution >= 4 is 11.9 Å². The van der Waals surface area contributed by atoms with Crippen molar-refractivity contribution in [3.8, 4) is 11.5 Å². The predicted octanol–water partition coefficient (Wildman–Crippen LogP) is 5.00. The van der Waals surface area contributed by atoms with Gasteiger partial charge in [0.25, 0.3) is 0 Å². The van der Waals surface area contributed by atoms with Crippen molar-refractivity contribution in [2.24, 2.45) is 28.6 Å². The summed E-state index contributed by atoms with van der Waals surface area (Å²) in [6.07, 6.45) is 3.56. The fourth-order valence-corrected chi connectivity index (χ4v) is 7.74. The maximum atomic E-state index is 11.9. The second-order valence-electron chi connectivity index (χ2n) is 12.5. The van der Waals surface area contributed by atoms with Gasteiger partial charge in [-0.05, 0) is 111 Å². The summed E-state index contributed by atoms with van der Waals surface area (Å²) in [6.45, 7) is 13.0. The highest BCUT2D eigenvalue weighted by Crippen LogP contribution is 2.66. The largest absolute Gasteiger partial charge is 0.507 e. The van der Waals surface area contributed by atoms with Crippen LogP contribution >= 0.6 is 0 Å². The highest BCUT2D eigenvalue weighted by atomic mass is 16.5. The molecule has 0 amide bonds. The summed E-state index contributed by atoms with van der Waals surface area (Å²) in [6, 6.07) is 3.40. The Morgan fingerprint density at radius 3 is 2.36 bits per heavy atom. The molecule has 1 aromatic carbocycles. The molecule has 0 saturated heterocycles. The quantitative estimate of drug-likeness (QED) is 0.304. The van der Waals surface area contributed by atoms with Gasteiger partial charge in [-0.25, -0.2) is 0 Å². The van der Waals surface area contributed by atoms with Gasteiger partial charge in [0.15, 0.2) is 0 Å². The minimum Gasteiger partial charge on any atom is -0.507 e. The molecule has 6 unspecified atom stereocenters. The number of carbonyl (C=O) groups is 2. The molecule has 1 aromatic rings. The number of phenolic OH excluding ortho intramolecular Hbond substituents is 1. The Bertz CT molecular complexity index is 1010. The summed E-state index contributed by atoms with van der Waals surface area (Å²) in [4.78, 5) is 23.1. The zero-order valence-electron chi connectivity index (χ0n) is 22.9. The van der Waals surface area contributed by atoms with E-state index in [0.717, 1.165) is 18.4 Å². The molecule has 0 aromatic heterocycles. The van der Waals surface area contributed by atoms with E-state index in [4.69, 9.17) is 4.74 Å². The SMILES string of the molecule is CC(=O)Oc1cc(C)c(O)c(CC2(C)C(C)CCC3(C)C2CCC(O)(C(C)(C)O)C3CCC(=O)O)c1. The minimum atomic E-state index is -1.40. The molecule has 202 valence electrons. The van der Waals surface area contributed by atoms with Crippen molar-refractivity contribution in [1.29, 1.82) is 0 Å². The molecule has 0 radical (unpaired) electrons. The van der Waals surface area contributed by atoms with Crippen molar-refractivity contribution < 1.29 is 34.8 Å². The molecule has 7 nitrogen and oxygen atoms in total. The number of esters is 1. The lowest BCUT2D eigenvalue weighted by atomic mass is 9.40. The number of aryl methyl sites for hydroxylation is 1. The lowest BCUT2D eigenvalue weighted by molar-refractivity contribution is -0.249. The number of carboxylic acid groups (broad SMARTS) is 1. The van der Waals surface area contributed by atoms with Crippen LogP contribution in [-0.2, 0) is 16.0 Å². The van der Waals surface area contributed by atoms with E-state index >= 15 is 0 Å². The average Bonchev–Trinajstić information content (AvgIpc) is 2.73. The molecule has 2 aliphatic rings. The number of rotatable bonds is 7. The van der Waals surface area contributed by atoms with E-state index in [-0.39, 0.29) is 23.5 Å². The van der Waals surface area contributed by atoms with Gasteiger partial charge in [-0.15, -0.1) is 0 Å². The Hall–Kier alpha value is -2.12. The third kappa shape index (κ3) is 4.89. The summed E-state index contributed by atoms with van der Waals surface area (Å²) in [7, 11) is 0. The number of aliphatic carboxylic acids is 1. The Morgan fingerprint density at radius 2 is 1.81 bits per heavy atom. The maximum absolute atomic E-state index is 11.9. The Kier molecular flexibility index (Phi) is 7.62. The number of aromatic hydroxyl groups is 1. The Balaban J connectivity index is 2.08. The number of carboxylic acids is 1. The third-order valence-electron chi connectivity index (χ3n) is 9.91. The van der Waals surface area contributed by atoms with Crippen LogP contribution in [0.3, 0.4) is 0 Å². The highest BCUT2D eigenvalue weighted by molar-refractivity contribution is 5.69. The summed E-state index contributed by atoms with van der Waals surface area (Å²) >= 11 is 0. The monoisotopic (exact) mass is 504 g/mol. The minimum absolute atomic E-state index is 0.0674. The molecule has 2 fully saturated rings. The van der Waals surface area contributed by atoms with E-state index in [9.17, 15) is 30.0 Å². The van der Waals surface area contributed by atoms with Crippen LogP contribution in [0.5, 0.6) is 11.5 Å². The number of carbonyl (C=O) groups excluding carboxylic acids is 1. The smallest absolute Gasteiger partial charge is 0.308 e. The number of hydrogen-bond acceptors (Lipinski definition) is 6. The molecule has 3 rings (SSSR count). The van der Waals surface area contributed by atoms with Gasteiger partial charge in [-0.3, -0.25) is 9.59 Å². The van der Waals surface area contributed by atoms with Gasteiger partial charge in [0.1, 0.15) is 11.5 Å².